The highest BCUT2D eigenvalue weighted by Gasteiger charge is 2.14. The van der Waals surface area contributed by atoms with Crippen LogP contribution in [0.4, 0.5) is 0 Å². The molecule has 0 aliphatic rings. The van der Waals surface area contributed by atoms with Crippen molar-refractivity contribution >= 4 is 20.8 Å². The molecule has 2 aromatic rings. The fourth-order valence-corrected chi connectivity index (χ4v) is 2.42. The Hall–Kier alpha value is -1.39. The van der Waals surface area contributed by atoms with Crippen molar-refractivity contribution in [1.82, 2.24) is 0 Å². The molecule has 2 N–H and O–H groups in total. The van der Waals surface area contributed by atoms with Gasteiger partial charge in [-0.1, -0.05) is 45.0 Å². The van der Waals surface area contributed by atoms with Crippen LogP contribution in [-0.4, -0.2) is 8.42 Å². The Morgan fingerprint density at radius 1 is 0.944 bits per heavy atom. The lowest BCUT2D eigenvalue weighted by molar-refractivity contribution is 0.591. The van der Waals surface area contributed by atoms with E-state index in [2.05, 4.69) is 26.8 Å². The second-order valence-corrected chi connectivity index (χ2v) is 7.08. The van der Waals surface area contributed by atoms with E-state index in [1.807, 2.05) is 12.1 Å². The summed E-state index contributed by atoms with van der Waals surface area (Å²) in [5, 5.41) is 7.03. The van der Waals surface area contributed by atoms with E-state index in [0.717, 1.165) is 10.8 Å². The molecule has 0 aliphatic heterocycles. The fraction of sp³-hybridized carbons (Fsp3) is 0.286. The molecule has 0 radical (unpaired) electrons. The summed E-state index contributed by atoms with van der Waals surface area (Å²) in [6.45, 7) is 6.44. The van der Waals surface area contributed by atoms with Crippen LogP contribution in [0.3, 0.4) is 0 Å². The van der Waals surface area contributed by atoms with E-state index in [-0.39, 0.29) is 10.3 Å². The second-order valence-electron chi connectivity index (χ2n) is 5.52. The molecule has 2 rings (SSSR count). The highest BCUT2D eigenvalue weighted by molar-refractivity contribution is 7.89. The monoisotopic (exact) mass is 263 g/mol. The zero-order chi connectivity index (χ0) is 13.6. The van der Waals surface area contributed by atoms with Crippen molar-refractivity contribution in [3.05, 3.63) is 42.0 Å². The molecule has 0 amide bonds. The molecule has 0 saturated carbocycles. The Morgan fingerprint density at radius 3 is 2.06 bits per heavy atom. The van der Waals surface area contributed by atoms with Gasteiger partial charge in [-0.05, 0) is 33.9 Å². The summed E-state index contributed by atoms with van der Waals surface area (Å²) < 4.78 is 22.6. The Balaban J connectivity index is 2.63. The third kappa shape index (κ3) is 2.54. The van der Waals surface area contributed by atoms with E-state index in [1.54, 1.807) is 18.2 Å². The van der Waals surface area contributed by atoms with Gasteiger partial charge in [-0.2, -0.15) is 0 Å². The van der Waals surface area contributed by atoms with E-state index in [0.29, 0.717) is 0 Å². The fourth-order valence-electron chi connectivity index (χ4n) is 1.87. The molecular formula is C14H17NO2S. The number of primary sulfonamides is 1. The maximum absolute atomic E-state index is 11.3. The molecule has 0 bridgehead atoms. The Labute approximate surface area is 108 Å². The van der Waals surface area contributed by atoms with Crippen LogP contribution in [0.15, 0.2) is 41.3 Å². The van der Waals surface area contributed by atoms with Crippen molar-refractivity contribution in [3.8, 4) is 0 Å². The lowest BCUT2D eigenvalue weighted by Crippen LogP contribution is -2.12. The summed E-state index contributed by atoms with van der Waals surface area (Å²) in [7, 11) is -3.63. The molecule has 18 heavy (non-hydrogen) atoms. The number of fused-ring (bicyclic) bond motifs is 1. The van der Waals surface area contributed by atoms with Gasteiger partial charge < -0.3 is 0 Å². The van der Waals surface area contributed by atoms with Crippen molar-refractivity contribution in [2.75, 3.05) is 0 Å². The molecule has 0 aromatic heterocycles. The maximum atomic E-state index is 11.3. The van der Waals surface area contributed by atoms with Crippen LogP contribution in [0.25, 0.3) is 10.8 Å². The molecule has 0 unspecified atom stereocenters. The molecule has 96 valence electrons. The van der Waals surface area contributed by atoms with E-state index in [1.165, 1.54) is 5.56 Å². The Kier molecular flexibility index (Phi) is 2.95. The van der Waals surface area contributed by atoms with Crippen molar-refractivity contribution in [1.29, 1.82) is 0 Å². The van der Waals surface area contributed by atoms with Gasteiger partial charge in [-0.3, -0.25) is 0 Å². The van der Waals surface area contributed by atoms with Gasteiger partial charge in [-0.25, -0.2) is 13.6 Å². The molecule has 2 aromatic carbocycles. The minimum Gasteiger partial charge on any atom is -0.225 e. The van der Waals surface area contributed by atoms with Gasteiger partial charge in [0.1, 0.15) is 0 Å². The summed E-state index contributed by atoms with van der Waals surface area (Å²) in [6.07, 6.45) is 0. The molecule has 0 aliphatic carbocycles. The van der Waals surface area contributed by atoms with Crippen LogP contribution in [0.2, 0.25) is 0 Å². The first-order valence-corrected chi connectivity index (χ1v) is 7.30. The Bertz CT molecular complexity index is 697. The van der Waals surface area contributed by atoms with Crippen LogP contribution in [0.5, 0.6) is 0 Å². The molecule has 0 saturated heterocycles. The predicted octanol–water partition coefficient (Wildman–Crippen LogP) is 2.78. The van der Waals surface area contributed by atoms with Gasteiger partial charge in [0.15, 0.2) is 0 Å². The zero-order valence-electron chi connectivity index (χ0n) is 10.8. The lowest BCUT2D eigenvalue weighted by atomic mass is 9.86. The van der Waals surface area contributed by atoms with Gasteiger partial charge in [0.25, 0.3) is 0 Å². The minimum absolute atomic E-state index is 0.0762. The van der Waals surface area contributed by atoms with Crippen LogP contribution in [0.1, 0.15) is 26.3 Å². The molecule has 0 spiro atoms. The average Bonchev–Trinajstić information content (AvgIpc) is 2.25. The van der Waals surface area contributed by atoms with Crippen molar-refractivity contribution < 1.29 is 8.42 Å². The van der Waals surface area contributed by atoms with Gasteiger partial charge >= 0.3 is 0 Å². The molecule has 0 fully saturated rings. The van der Waals surface area contributed by atoms with Crippen molar-refractivity contribution in [2.45, 2.75) is 31.1 Å². The summed E-state index contributed by atoms with van der Waals surface area (Å²) in [4.78, 5) is 0.151. The summed E-state index contributed by atoms with van der Waals surface area (Å²) >= 11 is 0. The number of hydrogen-bond acceptors (Lipinski definition) is 2. The topological polar surface area (TPSA) is 60.2 Å². The summed E-state index contributed by atoms with van der Waals surface area (Å²) in [6, 6.07) is 11.0. The van der Waals surface area contributed by atoms with E-state index < -0.39 is 10.0 Å². The smallest absolute Gasteiger partial charge is 0.225 e. The quantitative estimate of drug-likeness (QED) is 0.860. The van der Waals surface area contributed by atoms with Gasteiger partial charge in [0.05, 0.1) is 4.90 Å². The molecule has 0 heterocycles. The molecule has 3 nitrogen and oxygen atoms in total. The van der Waals surface area contributed by atoms with Gasteiger partial charge in [0, 0.05) is 0 Å². The SMILES string of the molecule is CC(C)(C)c1ccc2cc(S(N)(=O)=O)ccc2c1. The number of benzene rings is 2. The number of nitrogens with two attached hydrogens (primary N) is 1. The van der Waals surface area contributed by atoms with Gasteiger partial charge in [0.2, 0.25) is 10.0 Å². The second kappa shape index (κ2) is 4.07. The first-order valence-electron chi connectivity index (χ1n) is 5.75. The van der Waals surface area contributed by atoms with Crippen LogP contribution in [0, 0.1) is 0 Å². The molecule has 4 heteroatoms. The largest absolute Gasteiger partial charge is 0.238 e. The molecule has 0 atom stereocenters. The number of rotatable bonds is 1. The van der Waals surface area contributed by atoms with Crippen molar-refractivity contribution in [2.24, 2.45) is 5.14 Å². The maximum Gasteiger partial charge on any atom is 0.238 e. The lowest BCUT2D eigenvalue weighted by Gasteiger charge is -2.19. The average molecular weight is 263 g/mol. The minimum atomic E-state index is -3.63. The van der Waals surface area contributed by atoms with Crippen molar-refractivity contribution in [3.63, 3.8) is 0 Å². The van der Waals surface area contributed by atoms with E-state index >= 15 is 0 Å². The Morgan fingerprint density at radius 2 is 1.50 bits per heavy atom. The first-order chi connectivity index (χ1) is 8.18. The third-order valence-corrected chi connectivity index (χ3v) is 3.92. The summed E-state index contributed by atoms with van der Waals surface area (Å²) in [5.74, 6) is 0. The highest BCUT2D eigenvalue weighted by atomic mass is 32.2. The van der Waals surface area contributed by atoms with E-state index in [4.69, 9.17) is 5.14 Å². The van der Waals surface area contributed by atoms with Crippen LogP contribution >= 0.6 is 0 Å². The third-order valence-electron chi connectivity index (χ3n) is 3.01. The normalized spacial score (nSPS) is 12.9. The van der Waals surface area contributed by atoms with Crippen LogP contribution in [-0.2, 0) is 15.4 Å². The van der Waals surface area contributed by atoms with E-state index in [9.17, 15) is 8.42 Å². The highest BCUT2D eigenvalue weighted by Crippen LogP contribution is 2.27. The summed E-state index contributed by atoms with van der Waals surface area (Å²) in [5.41, 5.74) is 1.30. The molecular weight excluding hydrogens is 246 g/mol. The predicted molar refractivity (Wildman–Crippen MR) is 74.0 cm³/mol. The van der Waals surface area contributed by atoms with Crippen LogP contribution < -0.4 is 5.14 Å². The zero-order valence-corrected chi connectivity index (χ0v) is 11.6. The standard InChI is InChI=1S/C14H17NO2S/c1-14(2,3)12-6-4-11-9-13(18(15,16)17)7-5-10(11)8-12/h4-9H,1-3H3,(H2,15,16,17). The van der Waals surface area contributed by atoms with Gasteiger partial charge in [-0.15, -0.1) is 0 Å². The first kappa shape index (κ1) is 13.1. The number of hydrogen-bond donors (Lipinski definition) is 1. The number of sulfonamides is 1.